The Balaban J connectivity index is 2.61. The van der Waals surface area contributed by atoms with Crippen molar-refractivity contribution in [1.82, 2.24) is 4.90 Å². The van der Waals surface area contributed by atoms with Crippen molar-refractivity contribution in [2.75, 3.05) is 6.54 Å². The van der Waals surface area contributed by atoms with Gasteiger partial charge < -0.3 is 4.74 Å². The molecule has 0 N–H and O–H groups in total. The van der Waals surface area contributed by atoms with Crippen molar-refractivity contribution in [1.29, 1.82) is 0 Å². The highest BCUT2D eigenvalue weighted by molar-refractivity contribution is 5.71. The first-order valence-corrected chi connectivity index (χ1v) is 4.77. The third kappa shape index (κ3) is 2.01. The number of carbonyl (C=O) groups excluding carboxylic acids is 1. The zero-order valence-electron chi connectivity index (χ0n) is 9.26. The van der Waals surface area contributed by atoms with Crippen molar-refractivity contribution >= 4 is 6.09 Å². The summed E-state index contributed by atoms with van der Waals surface area (Å²) in [4.78, 5) is 13.2. The van der Waals surface area contributed by atoms with Crippen molar-refractivity contribution in [3.8, 4) is 12.3 Å². The number of likely N-dealkylation sites (tertiary alicyclic amines) is 1. The van der Waals surface area contributed by atoms with Crippen LogP contribution in [0.2, 0.25) is 0 Å². The lowest BCUT2D eigenvalue weighted by Crippen LogP contribution is -2.60. The summed E-state index contributed by atoms with van der Waals surface area (Å²) < 4.78 is 5.23. The molecule has 1 aliphatic rings. The van der Waals surface area contributed by atoms with Crippen molar-refractivity contribution in [2.24, 2.45) is 0 Å². The molecule has 1 amide bonds. The van der Waals surface area contributed by atoms with E-state index in [0.29, 0.717) is 6.54 Å². The fraction of sp³-hybridized carbons (Fsp3) is 0.727. The van der Waals surface area contributed by atoms with Crippen LogP contribution in [0, 0.1) is 12.3 Å². The van der Waals surface area contributed by atoms with E-state index in [0.717, 1.165) is 6.42 Å². The van der Waals surface area contributed by atoms with Gasteiger partial charge in [0.05, 0.1) is 0 Å². The summed E-state index contributed by atoms with van der Waals surface area (Å²) in [6.45, 7) is 8.10. The van der Waals surface area contributed by atoms with Crippen LogP contribution in [0.15, 0.2) is 0 Å². The summed E-state index contributed by atoms with van der Waals surface area (Å²) in [7, 11) is 0. The molecular formula is C11H17NO2. The van der Waals surface area contributed by atoms with Crippen LogP contribution in [0.4, 0.5) is 4.79 Å². The smallest absolute Gasteiger partial charge is 0.411 e. The van der Waals surface area contributed by atoms with E-state index in [9.17, 15) is 4.79 Å². The molecule has 1 unspecified atom stereocenters. The first-order chi connectivity index (χ1) is 6.28. The maximum Gasteiger partial charge on any atom is 0.411 e. The molecule has 0 spiro atoms. The van der Waals surface area contributed by atoms with E-state index >= 15 is 0 Å². The minimum atomic E-state index is -0.456. The van der Waals surface area contributed by atoms with Gasteiger partial charge in [0, 0.05) is 6.54 Å². The largest absolute Gasteiger partial charge is 0.444 e. The Morgan fingerprint density at radius 3 is 2.43 bits per heavy atom. The molecule has 1 aliphatic heterocycles. The van der Waals surface area contributed by atoms with Gasteiger partial charge in [-0.3, -0.25) is 4.90 Å². The van der Waals surface area contributed by atoms with Gasteiger partial charge in [-0.1, -0.05) is 5.92 Å². The third-order valence-corrected chi connectivity index (χ3v) is 2.34. The fourth-order valence-corrected chi connectivity index (χ4v) is 1.32. The quantitative estimate of drug-likeness (QED) is 0.553. The molecule has 1 fully saturated rings. The van der Waals surface area contributed by atoms with E-state index < -0.39 is 11.1 Å². The lowest BCUT2D eigenvalue weighted by atomic mass is 9.88. The summed E-state index contributed by atoms with van der Waals surface area (Å²) in [5.41, 5.74) is -0.898. The first-order valence-electron chi connectivity index (χ1n) is 4.77. The fourth-order valence-electron chi connectivity index (χ4n) is 1.32. The van der Waals surface area contributed by atoms with Crippen LogP contribution in [0.1, 0.15) is 34.1 Å². The second kappa shape index (κ2) is 3.20. The number of rotatable bonds is 0. The molecule has 1 saturated heterocycles. The van der Waals surface area contributed by atoms with Gasteiger partial charge in [-0.2, -0.15) is 0 Å². The van der Waals surface area contributed by atoms with E-state index in [-0.39, 0.29) is 6.09 Å². The average Bonchev–Trinajstić information content (AvgIpc) is 1.97. The van der Waals surface area contributed by atoms with Gasteiger partial charge in [-0.05, 0) is 34.1 Å². The third-order valence-electron chi connectivity index (χ3n) is 2.34. The number of hydrogen-bond acceptors (Lipinski definition) is 2. The molecule has 1 heterocycles. The topological polar surface area (TPSA) is 29.5 Å². The van der Waals surface area contributed by atoms with Crippen LogP contribution in [-0.4, -0.2) is 28.7 Å². The highest BCUT2D eigenvalue weighted by Crippen LogP contribution is 2.30. The standard InChI is InChI=1S/C11H17NO2/c1-6-11(5)7-8-12(11)9(13)14-10(2,3)4/h1H,7-8H2,2-5H3. The van der Waals surface area contributed by atoms with E-state index in [2.05, 4.69) is 5.92 Å². The van der Waals surface area contributed by atoms with Crippen molar-refractivity contribution < 1.29 is 9.53 Å². The first kappa shape index (κ1) is 10.9. The minimum Gasteiger partial charge on any atom is -0.444 e. The van der Waals surface area contributed by atoms with Crippen LogP contribution in [0.3, 0.4) is 0 Å². The van der Waals surface area contributed by atoms with Gasteiger partial charge in [-0.25, -0.2) is 4.79 Å². The molecule has 0 bridgehead atoms. The summed E-state index contributed by atoms with van der Waals surface area (Å²) in [6, 6.07) is 0. The number of ether oxygens (including phenoxy) is 1. The average molecular weight is 195 g/mol. The normalized spacial score (nSPS) is 26.4. The number of terminal acetylenes is 1. The molecule has 0 aromatic carbocycles. The molecule has 1 rings (SSSR count). The molecule has 14 heavy (non-hydrogen) atoms. The van der Waals surface area contributed by atoms with Crippen LogP contribution >= 0.6 is 0 Å². The zero-order valence-corrected chi connectivity index (χ0v) is 9.26. The molecule has 0 aromatic heterocycles. The van der Waals surface area contributed by atoms with E-state index in [1.165, 1.54) is 0 Å². The Hall–Kier alpha value is -1.17. The van der Waals surface area contributed by atoms with E-state index in [4.69, 9.17) is 11.2 Å². The molecule has 3 heteroatoms. The maximum absolute atomic E-state index is 11.6. The number of carbonyl (C=O) groups is 1. The molecule has 0 aromatic rings. The zero-order chi connectivity index (χ0) is 11.0. The van der Waals surface area contributed by atoms with Gasteiger partial charge in [0.25, 0.3) is 0 Å². The monoisotopic (exact) mass is 195 g/mol. The molecule has 0 saturated carbocycles. The molecule has 0 aliphatic carbocycles. The summed E-state index contributed by atoms with van der Waals surface area (Å²) >= 11 is 0. The molecule has 3 nitrogen and oxygen atoms in total. The SMILES string of the molecule is C#CC1(C)CCN1C(=O)OC(C)(C)C. The Bertz CT molecular complexity index is 285. The van der Waals surface area contributed by atoms with Crippen molar-refractivity contribution in [3.63, 3.8) is 0 Å². The number of amides is 1. The van der Waals surface area contributed by atoms with E-state index in [1.807, 2.05) is 27.7 Å². The van der Waals surface area contributed by atoms with Crippen molar-refractivity contribution in [3.05, 3.63) is 0 Å². The Morgan fingerprint density at radius 2 is 2.14 bits per heavy atom. The van der Waals surface area contributed by atoms with Gasteiger partial charge in [0.2, 0.25) is 0 Å². The molecule has 1 atom stereocenters. The van der Waals surface area contributed by atoms with Crippen molar-refractivity contribution in [2.45, 2.75) is 45.3 Å². The summed E-state index contributed by atoms with van der Waals surface area (Å²) in [5.74, 6) is 2.62. The number of nitrogens with zero attached hydrogens (tertiary/aromatic N) is 1. The van der Waals surface area contributed by atoms with Gasteiger partial charge in [0.1, 0.15) is 11.1 Å². The second-order valence-corrected chi connectivity index (χ2v) is 4.80. The lowest BCUT2D eigenvalue weighted by Gasteiger charge is -2.46. The lowest BCUT2D eigenvalue weighted by molar-refractivity contribution is -0.0183. The van der Waals surface area contributed by atoms with Crippen LogP contribution in [-0.2, 0) is 4.74 Å². The summed E-state index contributed by atoms with van der Waals surface area (Å²) in [6.07, 6.45) is 5.89. The van der Waals surface area contributed by atoms with E-state index in [1.54, 1.807) is 4.90 Å². The molecule has 78 valence electrons. The van der Waals surface area contributed by atoms with Gasteiger partial charge >= 0.3 is 6.09 Å². The Kier molecular flexibility index (Phi) is 2.49. The van der Waals surface area contributed by atoms with Gasteiger partial charge in [-0.15, -0.1) is 6.42 Å². The predicted octanol–water partition coefficient (Wildman–Crippen LogP) is 2.02. The highest BCUT2D eigenvalue weighted by Gasteiger charge is 2.43. The van der Waals surface area contributed by atoms with Crippen LogP contribution in [0.25, 0.3) is 0 Å². The maximum atomic E-state index is 11.6. The minimum absolute atomic E-state index is 0.316. The highest BCUT2D eigenvalue weighted by atomic mass is 16.6. The van der Waals surface area contributed by atoms with Gasteiger partial charge in [0.15, 0.2) is 0 Å². The van der Waals surface area contributed by atoms with Crippen LogP contribution in [0.5, 0.6) is 0 Å². The Labute approximate surface area is 85.4 Å². The molecular weight excluding hydrogens is 178 g/mol. The Morgan fingerprint density at radius 1 is 1.57 bits per heavy atom. The molecule has 0 radical (unpaired) electrons. The second-order valence-electron chi connectivity index (χ2n) is 4.80. The number of hydrogen-bond donors (Lipinski definition) is 0. The summed E-state index contributed by atoms with van der Waals surface area (Å²) in [5, 5.41) is 0. The van der Waals surface area contributed by atoms with Crippen LogP contribution < -0.4 is 0 Å². The predicted molar refractivity (Wildman–Crippen MR) is 54.8 cm³/mol.